The van der Waals surface area contributed by atoms with Crippen molar-refractivity contribution in [1.82, 2.24) is 0 Å². The molecule has 0 saturated heterocycles. The summed E-state index contributed by atoms with van der Waals surface area (Å²) in [6.45, 7) is 2.59. The van der Waals surface area contributed by atoms with E-state index >= 15 is 0 Å². The lowest BCUT2D eigenvalue weighted by Gasteiger charge is -2.08. The highest BCUT2D eigenvalue weighted by Gasteiger charge is 2.09. The van der Waals surface area contributed by atoms with Crippen LogP contribution in [0.1, 0.15) is 26.2 Å². The number of benzene rings is 1. The van der Waals surface area contributed by atoms with Crippen LogP contribution in [0.15, 0.2) is 24.3 Å². The average Bonchev–Trinajstić information content (AvgIpc) is 2.49. The molecule has 0 atom stereocenters. The van der Waals surface area contributed by atoms with E-state index in [0.717, 1.165) is 6.42 Å². The minimum absolute atomic E-state index is 0.00857. The highest BCUT2D eigenvalue weighted by Crippen LogP contribution is 2.22. The van der Waals surface area contributed by atoms with E-state index < -0.39 is 5.97 Å². The van der Waals surface area contributed by atoms with Crippen LogP contribution in [0.2, 0.25) is 5.02 Å². The monoisotopic (exact) mass is 314 g/mol. The Morgan fingerprint density at radius 2 is 1.62 bits per heavy atom. The molecule has 6 heteroatoms. The van der Waals surface area contributed by atoms with E-state index in [9.17, 15) is 9.59 Å². The van der Waals surface area contributed by atoms with Crippen molar-refractivity contribution in [1.29, 1.82) is 0 Å². The van der Waals surface area contributed by atoms with Crippen molar-refractivity contribution in [2.24, 2.45) is 0 Å². The van der Waals surface area contributed by atoms with Crippen LogP contribution in [0, 0.1) is 0 Å². The van der Waals surface area contributed by atoms with Gasteiger partial charge in [0.1, 0.15) is 19.0 Å². The van der Waals surface area contributed by atoms with Gasteiger partial charge < -0.3 is 14.2 Å². The molecule has 0 aliphatic rings. The van der Waals surface area contributed by atoms with Crippen LogP contribution in [0.3, 0.4) is 0 Å². The van der Waals surface area contributed by atoms with Gasteiger partial charge in [-0.1, -0.05) is 30.7 Å². The fourth-order valence-electron chi connectivity index (χ4n) is 1.43. The molecule has 0 heterocycles. The molecule has 0 N–H and O–H groups in total. The minimum atomic E-state index is -0.453. The van der Waals surface area contributed by atoms with E-state index in [1.54, 1.807) is 24.3 Å². The first-order valence-corrected chi connectivity index (χ1v) is 7.20. The standard InChI is InChI=1S/C15H19ClO5/c1-2-9-20-14(17)7-8-15(18)21-11-10-19-13-6-4-3-5-12(13)16/h3-6H,2,7-11H2,1H3. The van der Waals surface area contributed by atoms with Gasteiger partial charge in [-0.3, -0.25) is 9.59 Å². The summed E-state index contributed by atoms with van der Waals surface area (Å²) in [7, 11) is 0. The van der Waals surface area contributed by atoms with Crippen molar-refractivity contribution >= 4 is 23.5 Å². The Kier molecular flexibility index (Phi) is 8.28. The number of hydrogen-bond acceptors (Lipinski definition) is 5. The zero-order valence-corrected chi connectivity index (χ0v) is 12.7. The zero-order valence-electron chi connectivity index (χ0n) is 12.0. The second kappa shape index (κ2) is 10.0. The predicted octanol–water partition coefficient (Wildman–Crippen LogP) is 3.00. The van der Waals surface area contributed by atoms with E-state index in [4.69, 9.17) is 25.8 Å². The molecule has 1 aromatic carbocycles. The summed E-state index contributed by atoms with van der Waals surface area (Å²) in [6.07, 6.45) is 0.800. The fourth-order valence-corrected chi connectivity index (χ4v) is 1.62. The van der Waals surface area contributed by atoms with Gasteiger partial charge in [0, 0.05) is 0 Å². The molecule has 0 unspecified atom stereocenters. The second-order valence-electron chi connectivity index (χ2n) is 4.22. The number of rotatable bonds is 9. The zero-order chi connectivity index (χ0) is 15.5. The third-order valence-corrected chi connectivity index (χ3v) is 2.75. The van der Waals surface area contributed by atoms with Gasteiger partial charge in [0.05, 0.1) is 24.5 Å². The molecule has 0 radical (unpaired) electrons. The third-order valence-electron chi connectivity index (χ3n) is 2.44. The lowest BCUT2D eigenvalue weighted by Crippen LogP contribution is -2.14. The maximum Gasteiger partial charge on any atom is 0.306 e. The van der Waals surface area contributed by atoms with Gasteiger partial charge in [-0.2, -0.15) is 0 Å². The molecule has 0 bridgehead atoms. The summed E-state index contributed by atoms with van der Waals surface area (Å²) in [5.41, 5.74) is 0. The Hall–Kier alpha value is -1.75. The van der Waals surface area contributed by atoms with Crippen LogP contribution >= 0.6 is 11.6 Å². The van der Waals surface area contributed by atoms with Gasteiger partial charge in [-0.05, 0) is 18.6 Å². The van der Waals surface area contributed by atoms with Gasteiger partial charge in [0.2, 0.25) is 0 Å². The van der Waals surface area contributed by atoms with Crippen molar-refractivity contribution in [2.75, 3.05) is 19.8 Å². The quantitative estimate of drug-likeness (QED) is 0.518. The number of hydrogen-bond donors (Lipinski definition) is 0. The molecule has 0 saturated carbocycles. The Balaban J connectivity index is 2.11. The third kappa shape index (κ3) is 7.56. The minimum Gasteiger partial charge on any atom is -0.488 e. The van der Waals surface area contributed by atoms with Crippen molar-refractivity contribution < 1.29 is 23.8 Å². The Bertz CT molecular complexity index is 461. The fraction of sp³-hybridized carbons (Fsp3) is 0.467. The molecule has 0 aliphatic heterocycles. The normalized spacial score (nSPS) is 10.0. The maximum absolute atomic E-state index is 11.4. The van der Waals surface area contributed by atoms with Crippen LogP contribution < -0.4 is 4.74 Å². The molecule has 116 valence electrons. The first-order chi connectivity index (χ1) is 10.1. The van der Waals surface area contributed by atoms with E-state index in [-0.39, 0.29) is 32.0 Å². The molecule has 0 spiro atoms. The molecule has 21 heavy (non-hydrogen) atoms. The highest BCUT2D eigenvalue weighted by atomic mass is 35.5. The molecule has 0 aromatic heterocycles. The summed E-state index contributed by atoms with van der Waals surface area (Å²) in [4.78, 5) is 22.6. The molecule has 1 aromatic rings. The summed E-state index contributed by atoms with van der Waals surface area (Å²) in [5.74, 6) is -0.300. The topological polar surface area (TPSA) is 61.8 Å². The van der Waals surface area contributed by atoms with Crippen molar-refractivity contribution in [2.45, 2.75) is 26.2 Å². The maximum atomic E-state index is 11.4. The molecule has 0 aliphatic carbocycles. The molecule has 0 amide bonds. The lowest BCUT2D eigenvalue weighted by atomic mass is 10.3. The smallest absolute Gasteiger partial charge is 0.306 e. The number of esters is 2. The lowest BCUT2D eigenvalue weighted by molar-refractivity contribution is -0.150. The largest absolute Gasteiger partial charge is 0.488 e. The van der Waals surface area contributed by atoms with Crippen LogP contribution in [-0.2, 0) is 19.1 Å². The van der Waals surface area contributed by atoms with Crippen LogP contribution in [0.25, 0.3) is 0 Å². The van der Waals surface area contributed by atoms with Crippen LogP contribution in [-0.4, -0.2) is 31.8 Å². The summed E-state index contributed by atoms with van der Waals surface area (Å²) >= 11 is 5.91. The molecule has 5 nitrogen and oxygen atoms in total. The summed E-state index contributed by atoms with van der Waals surface area (Å²) in [6, 6.07) is 7.04. The number of carbonyl (C=O) groups is 2. The number of para-hydroxylation sites is 1. The summed E-state index contributed by atoms with van der Waals surface area (Å²) in [5, 5.41) is 0.502. The van der Waals surface area contributed by atoms with Crippen molar-refractivity contribution in [3.8, 4) is 5.75 Å². The van der Waals surface area contributed by atoms with Crippen molar-refractivity contribution in [3.05, 3.63) is 29.3 Å². The van der Waals surface area contributed by atoms with E-state index in [1.807, 2.05) is 6.92 Å². The Morgan fingerprint density at radius 1 is 1.00 bits per heavy atom. The Labute approximate surface area is 129 Å². The van der Waals surface area contributed by atoms with Crippen LogP contribution in [0.5, 0.6) is 5.75 Å². The van der Waals surface area contributed by atoms with E-state index in [1.165, 1.54) is 0 Å². The molecular formula is C15H19ClO5. The number of carbonyl (C=O) groups excluding carboxylic acids is 2. The van der Waals surface area contributed by atoms with Gasteiger partial charge in [-0.15, -0.1) is 0 Å². The Morgan fingerprint density at radius 3 is 2.24 bits per heavy atom. The van der Waals surface area contributed by atoms with Crippen LogP contribution in [0.4, 0.5) is 0 Å². The molecule has 1 rings (SSSR count). The highest BCUT2D eigenvalue weighted by molar-refractivity contribution is 6.32. The first-order valence-electron chi connectivity index (χ1n) is 6.82. The van der Waals surface area contributed by atoms with Crippen molar-refractivity contribution in [3.63, 3.8) is 0 Å². The first kappa shape index (κ1) is 17.3. The van der Waals surface area contributed by atoms with Gasteiger partial charge in [-0.25, -0.2) is 0 Å². The second-order valence-corrected chi connectivity index (χ2v) is 4.63. The molecule has 0 fully saturated rings. The SMILES string of the molecule is CCCOC(=O)CCC(=O)OCCOc1ccccc1Cl. The predicted molar refractivity (Wildman–Crippen MR) is 78.4 cm³/mol. The van der Waals surface area contributed by atoms with Gasteiger partial charge >= 0.3 is 11.9 Å². The number of ether oxygens (including phenoxy) is 3. The van der Waals surface area contributed by atoms with E-state index in [0.29, 0.717) is 17.4 Å². The summed E-state index contributed by atoms with van der Waals surface area (Å²) < 4.78 is 15.2. The van der Waals surface area contributed by atoms with E-state index in [2.05, 4.69) is 0 Å². The van der Waals surface area contributed by atoms with Gasteiger partial charge in [0.25, 0.3) is 0 Å². The average molecular weight is 315 g/mol. The molecular weight excluding hydrogens is 296 g/mol. The number of halogens is 1. The van der Waals surface area contributed by atoms with Gasteiger partial charge in [0.15, 0.2) is 0 Å².